The quantitative estimate of drug-likeness (QED) is 0.374. The van der Waals surface area contributed by atoms with Gasteiger partial charge in [0, 0.05) is 36.4 Å². The van der Waals surface area contributed by atoms with Crippen LogP contribution in [0.15, 0.2) is 30.5 Å². The number of carbonyl (C=O) groups is 2. The molecular weight excluding hydrogens is 500 g/mol. The van der Waals surface area contributed by atoms with Crippen LogP contribution in [0.5, 0.6) is 5.75 Å². The molecule has 12 heteroatoms. The van der Waals surface area contributed by atoms with Crippen LogP contribution in [0.25, 0.3) is 11.1 Å². The lowest BCUT2D eigenvalue weighted by Crippen LogP contribution is -2.29. The predicted molar refractivity (Wildman–Crippen MR) is 142 cm³/mol. The molecule has 2 aliphatic rings. The van der Waals surface area contributed by atoms with Gasteiger partial charge >= 0.3 is 0 Å². The Morgan fingerprint density at radius 3 is 2.59 bits per heavy atom. The Labute approximate surface area is 225 Å². The second kappa shape index (κ2) is 11.1. The van der Waals surface area contributed by atoms with Crippen LogP contribution in [0.4, 0.5) is 17.2 Å². The number of hydrogen-bond acceptors (Lipinski definition) is 9. The van der Waals surface area contributed by atoms with Gasteiger partial charge in [0.2, 0.25) is 5.91 Å². The molecule has 202 valence electrons. The molecule has 2 fully saturated rings. The number of rotatable bonds is 9. The van der Waals surface area contributed by atoms with E-state index in [-0.39, 0.29) is 46.9 Å². The van der Waals surface area contributed by atoms with Crippen molar-refractivity contribution in [2.45, 2.75) is 50.7 Å². The van der Waals surface area contributed by atoms with E-state index in [2.05, 4.69) is 32.0 Å². The van der Waals surface area contributed by atoms with Crippen molar-refractivity contribution >= 4 is 29.0 Å². The lowest BCUT2D eigenvalue weighted by atomic mass is 9.92. The van der Waals surface area contributed by atoms with Crippen LogP contribution in [-0.2, 0) is 9.53 Å². The number of nitrogens with two attached hydrogens (primary N) is 1. The molecule has 0 spiro atoms. The fraction of sp³-hybridized carbons (Fsp3) is 0.407. The largest absolute Gasteiger partial charge is 0.494 e. The average Bonchev–Trinajstić information content (AvgIpc) is 3.72. The molecule has 3 aromatic rings. The van der Waals surface area contributed by atoms with Gasteiger partial charge in [0.15, 0.2) is 17.2 Å². The molecule has 2 amide bonds. The van der Waals surface area contributed by atoms with Gasteiger partial charge in [-0.1, -0.05) is 25.0 Å². The molecule has 1 aromatic carbocycles. The molecule has 2 atom stereocenters. The third kappa shape index (κ3) is 5.39. The molecular formula is C27H30N8O4. The molecule has 5 rings (SSSR count). The van der Waals surface area contributed by atoms with Crippen LogP contribution in [0, 0.1) is 17.2 Å². The van der Waals surface area contributed by atoms with Gasteiger partial charge < -0.3 is 25.8 Å². The van der Waals surface area contributed by atoms with Crippen LogP contribution in [0.2, 0.25) is 0 Å². The molecule has 1 unspecified atom stereocenters. The minimum atomic E-state index is -0.784. The third-order valence-corrected chi connectivity index (χ3v) is 7.15. The van der Waals surface area contributed by atoms with E-state index in [1.165, 1.54) is 13.2 Å². The highest BCUT2D eigenvalue weighted by atomic mass is 16.5. The summed E-state index contributed by atoms with van der Waals surface area (Å²) in [4.78, 5) is 24.3. The van der Waals surface area contributed by atoms with Gasteiger partial charge in [0.1, 0.15) is 11.8 Å². The van der Waals surface area contributed by atoms with Gasteiger partial charge in [-0.25, -0.2) is 0 Å². The van der Waals surface area contributed by atoms with E-state index in [0.717, 1.165) is 38.5 Å². The van der Waals surface area contributed by atoms with Gasteiger partial charge in [0.25, 0.3) is 5.91 Å². The first-order valence-electron chi connectivity index (χ1n) is 12.9. The summed E-state index contributed by atoms with van der Waals surface area (Å²) in [6.07, 6.45) is 7.56. The number of anilines is 3. The normalized spacial score (nSPS) is 18.7. The SMILES string of the molecule is COc1c(Nc2cc(NC(=O)C3CC3)nnc2C(N)=O)cccc1-c1cn([C@H]2CCCCC2OC)nc1C#N. The molecule has 0 saturated heterocycles. The van der Waals surface area contributed by atoms with Gasteiger partial charge in [-0.2, -0.15) is 10.4 Å². The summed E-state index contributed by atoms with van der Waals surface area (Å²) in [5, 5.41) is 28.2. The summed E-state index contributed by atoms with van der Waals surface area (Å²) in [5.41, 5.74) is 7.71. The van der Waals surface area contributed by atoms with Crippen molar-refractivity contribution in [3.63, 3.8) is 0 Å². The number of ether oxygens (including phenoxy) is 2. The Hall–Kier alpha value is -4.50. The van der Waals surface area contributed by atoms with E-state index in [0.29, 0.717) is 22.6 Å². The fourth-order valence-electron chi connectivity index (χ4n) is 5.01. The van der Waals surface area contributed by atoms with Crippen molar-refractivity contribution in [1.82, 2.24) is 20.0 Å². The van der Waals surface area contributed by atoms with E-state index in [1.54, 1.807) is 19.2 Å². The number of para-hydroxylation sites is 1. The smallest absolute Gasteiger partial charge is 0.271 e. The van der Waals surface area contributed by atoms with Crippen molar-refractivity contribution in [2.75, 3.05) is 24.9 Å². The average molecular weight is 531 g/mol. The van der Waals surface area contributed by atoms with Gasteiger partial charge in [-0.3, -0.25) is 14.3 Å². The Bertz CT molecular complexity index is 1440. The number of amides is 2. The summed E-state index contributed by atoms with van der Waals surface area (Å²) in [5.74, 6) is -0.331. The van der Waals surface area contributed by atoms with Crippen LogP contribution in [0.1, 0.15) is 60.7 Å². The number of benzene rings is 1. The monoisotopic (exact) mass is 530 g/mol. The number of carbonyl (C=O) groups excluding carboxylic acids is 2. The van der Waals surface area contributed by atoms with Gasteiger partial charge in [-0.15, -0.1) is 10.2 Å². The zero-order valence-corrected chi connectivity index (χ0v) is 21.8. The second-order valence-corrected chi connectivity index (χ2v) is 9.74. The highest BCUT2D eigenvalue weighted by Gasteiger charge is 2.31. The maximum atomic E-state index is 12.2. The number of nitriles is 1. The summed E-state index contributed by atoms with van der Waals surface area (Å²) >= 11 is 0. The fourth-order valence-corrected chi connectivity index (χ4v) is 5.01. The standard InChI is InChI=1S/C27H30N8O4/c1-38-22-9-4-3-8-21(22)35-14-17(20(13-28)34-35)16-6-5-7-18(25(16)39-2)30-19-12-23(31-27(37)15-10-11-15)32-33-24(19)26(29)36/h5-7,12,14-15,21-22H,3-4,8-11H2,1-2H3,(H2,29,36)(H2,30,31,32,37)/t21-,22?/m0/s1. The summed E-state index contributed by atoms with van der Waals surface area (Å²) in [6, 6.07) is 9.13. The molecule has 4 N–H and O–H groups in total. The lowest BCUT2D eigenvalue weighted by Gasteiger charge is -2.30. The van der Waals surface area contributed by atoms with E-state index in [1.807, 2.05) is 16.9 Å². The van der Waals surface area contributed by atoms with Gasteiger partial charge in [-0.05, 0) is 31.7 Å². The van der Waals surface area contributed by atoms with Crippen LogP contribution in [0.3, 0.4) is 0 Å². The minimum absolute atomic E-state index is 0.0222. The number of primary amides is 1. The van der Waals surface area contributed by atoms with Crippen LogP contribution in [-0.4, -0.2) is 52.1 Å². The first-order valence-corrected chi connectivity index (χ1v) is 12.9. The van der Waals surface area contributed by atoms with Crippen molar-refractivity contribution in [3.8, 4) is 22.9 Å². The van der Waals surface area contributed by atoms with Crippen molar-refractivity contribution in [2.24, 2.45) is 11.7 Å². The third-order valence-electron chi connectivity index (χ3n) is 7.15. The zero-order valence-electron chi connectivity index (χ0n) is 21.8. The Kier molecular flexibility index (Phi) is 7.42. The first-order chi connectivity index (χ1) is 18.9. The molecule has 0 bridgehead atoms. The lowest BCUT2D eigenvalue weighted by molar-refractivity contribution is -0.117. The van der Waals surface area contributed by atoms with Crippen molar-refractivity contribution in [1.29, 1.82) is 5.26 Å². The maximum Gasteiger partial charge on any atom is 0.271 e. The molecule has 2 aliphatic carbocycles. The van der Waals surface area contributed by atoms with E-state index in [4.69, 9.17) is 15.2 Å². The molecule has 2 saturated carbocycles. The number of nitrogens with one attached hydrogen (secondary N) is 2. The number of aromatic nitrogens is 4. The Morgan fingerprint density at radius 1 is 1.10 bits per heavy atom. The van der Waals surface area contributed by atoms with Crippen LogP contribution < -0.4 is 21.1 Å². The molecule has 12 nitrogen and oxygen atoms in total. The molecule has 2 heterocycles. The molecule has 2 aromatic heterocycles. The maximum absolute atomic E-state index is 12.2. The Morgan fingerprint density at radius 2 is 1.90 bits per heavy atom. The van der Waals surface area contributed by atoms with E-state index < -0.39 is 5.91 Å². The molecule has 0 radical (unpaired) electrons. The summed E-state index contributed by atoms with van der Waals surface area (Å²) < 4.78 is 13.3. The summed E-state index contributed by atoms with van der Waals surface area (Å²) in [6.45, 7) is 0. The van der Waals surface area contributed by atoms with Crippen molar-refractivity contribution in [3.05, 3.63) is 41.9 Å². The zero-order chi connectivity index (χ0) is 27.5. The van der Waals surface area contributed by atoms with E-state index >= 15 is 0 Å². The predicted octanol–water partition coefficient (Wildman–Crippen LogP) is 3.54. The second-order valence-electron chi connectivity index (χ2n) is 9.74. The number of methoxy groups -OCH3 is 2. The van der Waals surface area contributed by atoms with E-state index in [9.17, 15) is 14.9 Å². The molecule has 0 aliphatic heterocycles. The number of nitrogens with zero attached hydrogens (tertiary/aromatic N) is 5. The minimum Gasteiger partial charge on any atom is -0.494 e. The van der Waals surface area contributed by atoms with Gasteiger partial charge in [0.05, 0.1) is 30.6 Å². The number of hydrogen-bond donors (Lipinski definition) is 3. The Balaban J connectivity index is 1.51. The highest BCUT2D eigenvalue weighted by molar-refractivity contribution is 5.99. The molecule has 39 heavy (non-hydrogen) atoms. The topological polar surface area (TPSA) is 170 Å². The van der Waals surface area contributed by atoms with Crippen LogP contribution >= 0.6 is 0 Å². The highest BCUT2D eigenvalue weighted by Crippen LogP contribution is 2.41. The summed E-state index contributed by atoms with van der Waals surface area (Å²) in [7, 11) is 3.22. The van der Waals surface area contributed by atoms with Crippen molar-refractivity contribution < 1.29 is 19.1 Å². The first kappa shape index (κ1) is 26.1.